The highest BCUT2D eigenvalue weighted by Gasteiger charge is 1.97. The van der Waals surface area contributed by atoms with Crippen LogP contribution in [0.4, 0.5) is 5.82 Å². The molecule has 80 valence electrons. The molecular formula is C11H9N3OS. The highest BCUT2D eigenvalue weighted by molar-refractivity contribution is 7.99. The molecule has 1 aromatic heterocycles. The first-order valence-electron chi connectivity index (χ1n) is 4.66. The number of benzene rings is 1. The monoisotopic (exact) mass is 231 g/mol. The fourth-order valence-corrected chi connectivity index (χ4v) is 1.99. The fraction of sp³-hybridized carbons (Fsp3) is 0. The summed E-state index contributed by atoms with van der Waals surface area (Å²) in [5, 5.41) is 2.55. The molecule has 0 saturated heterocycles. The van der Waals surface area contributed by atoms with Crippen LogP contribution < -0.4 is 5.43 Å². The Morgan fingerprint density at radius 2 is 1.88 bits per heavy atom. The maximum absolute atomic E-state index is 9.94. The highest BCUT2D eigenvalue weighted by Crippen LogP contribution is 2.26. The summed E-state index contributed by atoms with van der Waals surface area (Å²) in [4.78, 5) is 16.2. The van der Waals surface area contributed by atoms with E-state index >= 15 is 0 Å². The summed E-state index contributed by atoms with van der Waals surface area (Å²) in [6.45, 7) is 0. The van der Waals surface area contributed by atoms with Crippen molar-refractivity contribution in [2.45, 2.75) is 9.79 Å². The van der Waals surface area contributed by atoms with Crippen LogP contribution in [0.25, 0.3) is 0 Å². The number of hydrogen-bond donors (Lipinski definition) is 1. The van der Waals surface area contributed by atoms with E-state index in [1.54, 1.807) is 24.0 Å². The molecule has 2 rings (SSSR count). The first-order valence-corrected chi connectivity index (χ1v) is 5.47. The van der Waals surface area contributed by atoms with Crippen LogP contribution in [0.2, 0.25) is 0 Å². The van der Waals surface area contributed by atoms with Crippen LogP contribution in [0.3, 0.4) is 0 Å². The maximum atomic E-state index is 9.94. The van der Waals surface area contributed by atoms with Crippen molar-refractivity contribution in [3.8, 4) is 0 Å². The van der Waals surface area contributed by atoms with E-state index in [1.165, 1.54) is 0 Å². The molecule has 0 aliphatic rings. The molecule has 0 bridgehead atoms. The van der Waals surface area contributed by atoms with Crippen molar-refractivity contribution >= 4 is 17.6 Å². The zero-order chi connectivity index (χ0) is 11.2. The van der Waals surface area contributed by atoms with E-state index in [0.29, 0.717) is 5.82 Å². The van der Waals surface area contributed by atoms with Crippen molar-refractivity contribution in [1.29, 1.82) is 0 Å². The lowest BCUT2D eigenvalue weighted by molar-refractivity contribution is 1.17. The van der Waals surface area contributed by atoms with E-state index in [1.807, 2.05) is 36.4 Å². The Bertz CT molecular complexity index is 458. The van der Waals surface area contributed by atoms with Gasteiger partial charge >= 0.3 is 0 Å². The number of hydrogen-bond acceptors (Lipinski definition) is 4. The van der Waals surface area contributed by atoms with Crippen molar-refractivity contribution in [3.05, 3.63) is 53.6 Å². The van der Waals surface area contributed by atoms with Crippen LogP contribution in [-0.4, -0.2) is 4.98 Å². The lowest BCUT2D eigenvalue weighted by Crippen LogP contribution is -1.89. The van der Waals surface area contributed by atoms with E-state index < -0.39 is 0 Å². The molecule has 2 aromatic rings. The topological polar surface area (TPSA) is 54.4 Å². The lowest BCUT2D eigenvalue weighted by Gasteiger charge is -2.01. The van der Waals surface area contributed by atoms with Gasteiger partial charge < -0.3 is 0 Å². The summed E-state index contributed by atoms with van der Waals surface area (Å²) in [5.74, 6) is 0.451. The van der Waals surface area contributed by atoms with Gasteiger partial charge in [-0.3, -0.25) is 0 Å². The third-order valence-electron chi connectivity index (χ3n) is 1.88. The summed E-state index contributed by atoms with van der Waals surface area (Å²) >= 11 is 1.62. The van der Waals surface area contributed by atoms with Gasteiger partial charge in [-0.05, 0) is 24.3 Å². The number of pyridine rings is 1. The third-order valence-corrected chi connectivity index (χ3v) is 2.86. The van der Waals surface area contributed by atoms with E-state index in [2.05, 4.69) is 15.7 Å². The average molecular weight is 231 g/mol. The second-order valence-electron chi connectivity index (χ2n) is 3.00. The molecule has 0 aliphatic heterocycles. The van der Waals surface area contributed by atoms with Gasteiger partial charge in [-0.25, -0.2) is 10.4 Å². The molecule has 1 aromatic carbocycles. The Hall–Kier alpha value is -1.88. The van der Waals surface area contributed by atoms with E-state index in [-0.39, 0.29) is 0 Å². The highest BCUT2D eigenvalue weighted by atomic mass is 32.2. The first kappa shape index (κ1) is 10.6. The zero-order valence-corrected chi connectivity index (χ0v) is 9.15. The second kappa shape index (κ2) is 5.27. The molecule has 0 spiro atoms. The van der Waals surface area contributed by atoms with Crippen LogP contribution in [0, 0.1) is 4.91 Å². The lowest BCUT2D eigenvalue weighted by atomic mass is 10.4. The Morgan fingerprint density at radius 3 is 2.50 bits per heavy atom. The van der Waals surface area contributed by atoms with Crippen LogP contribution in [-0.2, 0) is 0 Å². The number of rotatable bonds is 4. The molecule has 0 unspecified atom stereocenters. The standard InChI is InChI=1S/C11H9N3OS/c15-14-13-11-7-6-10(8-12-11)16-9-4-2-1-3-5-9/h1-8H,(H,12,13,15). The largest absolute Gasteiger partial charge is 0.236 e. The fourth-order valence-electron chi connectivity index (χ4n) is 1.18. The maximum Gasteiger partial charge on any atom is 0.148 e. The summed E-state index contributed by atoms with van der Waals surface area (Å²) in [6.07, 6.45) is 1.70. The number of anilines is 1. The Balaban J connectivity index is 2.08. The third kappa shape index (κ3) is 2.80. The summed E-state index contributed by atoms with van der Waals surface area (Å²) in [5.41, 5.74) is 2.25. The molecule has 5 heteroatoms. The first-order chi connectivity index (χ1) is 7.88. The normalized spacial score (nSPS) is 9.75. The van der Waals surface area contributed by atoms with Crippen molar-refractivity contribution < 1.29 is 0 Å². The van der Waals surface area contributed by atoms with E-state index in [4.69, 9.17) is 0 Å². The molecule has 4 nitrogen and oxygen atoms in total. The van der Waals surface area contributed by atoms with Crippen LogP contribution >= 0.6 is 11.8 Å². The molecule has 1 N–H and O–H groups in total. The van der Waals surface area contributed by atoms with Crippen molar-refractivity contribution in [3.63, 3.8) is 0 Å². The smallest absolute Gasteiger partial charge is 0.148 e. The summed E-state index contributed by atoms with van der Waals surface area (Å²) in [7, 11) is 0. The molecule has 0 amide bonds. The van der Waals surface area contributed by atoms with Crippen molar-refractivity contribution in [1.82, 2.24) is 4.98 Å². The average Bonchev–Trinajstić information content (AvgIpc) is 2.33. The number of nitroso groups, excluding NO2 is 1. The minimum absolute atomic E-state index is 0.451. The van der Waals surface area contributed by atoms with Crippen molar-refractivity contribution in [2.24, 2.45) is 5.29 Å². The molecule has 0 saturated carbocycles. The van der Waals surface area contributed by atoms with Gasteiger partial charge in [-0.2, -0.15) is 0 Å². The Labute approximate surface area is 97.0 Å². The van der Waals surface area contributed by atoms with Gasteiger partial charge in [0.05, 0.1) is 5.29 Å². The minimum Gasteiger partial charge on any atom is -0.236 e. The molecule has 16 heavy (non-hydrogen) atoms. The molecule has 0 aliphatic carbocycles. The van der Waals surface area contributed by atoms with Gasteiger partial charge in [-0.15, -0.1) is 4.91 Å². The molecular weight excluding hydrogens is 222 g/mol. The minimum atomic E-state index is 0.451. The summed E-state index contributed by atoms with van der Waals surface area (Å²) < 4.78 is 0. The number of nitrogens with zero attached hydrogens (tertiary/aromatic N) is 2. The SMILES string of the molecule is O=NNc1ccc(Sc2ccccc2)cn1. The Morgan fingerprint density at radius 1 is 1.06 bits per heavy atom. The molecule has 0 fully saturated rings. The molecule has 0 atom stereocenters. The van der Waals surface area contributed by atoms with Gasteiger partial charge in [0, 0.05) is 16.0 Å². The van der Waals surface area contributed by atoms with Gasteiger partial charge in [0.1, 0.15) is 5.82 Å². The van der Waals surface area contributed by atoms with Crippen LogP contribution in [0.15, 0.2) is 63.7 Å². The zero-order valence-electron chi connectivity index (χ0n) is 8.33. The van der Waals surface area contributed by atoms with Gasteiger partial charge in [-0.1, -0.05) is 30.0 Å². The predicted octanol–water partition coefficient (Wildman–Crippen LogP) is 3.33. The molecule has 0 radical (unpaired) electrons. The number of aromatic nitrogens is 1. The molecule has 1 heterocycles. The van der Waals surface area contributed by atoms with E-state index in [0.717, 1.165) is 9.79 Å². The second-order valence-corrected chi connectivity index (χ2v) is 4.14. The van der Waals surface area contributed by atoms with Crippen LogP contribution in [0.1, 0.15) is 0 Å². The van der Waals surface area contributed by atoms with Gasteiger partial charge in [0.2, 0.25) is 0 Å². The van der Waals surface area contributed by atoms with Gasteiger partial charge in [0.15, 0.2) is 0 Å². The Kier molecular flexibility index (Phi) is 3.50. The van der Waals surface area contributed by atoms with Crippen LogP contribution in [0.5, 0.6) is 0 Å². The number of nitrogens with one attached hydrogen (secondary N) is 1. The van der Waals surface area contributed by atoms with Crippen molar-refractivity contribution in [2.75, 3.05) is 5.43 Å². The van der Waals surface area contributed by atoms with E-state index in [9.17, 15) is 4.91 Å². The predicted molar refractivity (Wildman–Crippen MR) is 64.2 cm³/mol. The summed E-state index contributed by atoms with van der Waals surface area (Å²) in [6, 6.07) is 13.6. The van der Waals surface area contributed by atoms with Gasteiger partial charge in [0.25, 0.3) is 0 Å². The quantitative estimate of drug-likeness (QED) is 0.647.